The number of benzene rings is 2. The summed E-state index contributed by atoms with van der Waals surface area (Å²) in [6.07, 6.45) is -1.51. The second kappa shape index (κ2) is 9.00. The molecule has 0 aliphatic carbocycles. The summed E-state index contributed by atoms with van der Waals surface area (Å²) in [5.74, 6) is -1.25. The van der Waals surface area contributed by atoms with Crippen LogP contribution in [-0.4, -0.2) is 34.3 Å². The van der Waals surface area contributed by atoms with E-state index in [1.165, 1.54) is 7.11 Å². The van der Waals surface area contributed by atoms with E-state index < -0.39 is 17.7 Å². The average molecular weight is 447 g/mol. The van der Waals surface area contributed by atoms with Gasteiger partial charge in [-0.3, -0.25) is 0 Å². The highest BCUT2D eigenvalue weighted by molar-refractivity contribution is 6.30. The Morgan fingerprint density at radius 2 is 1.37 bits per heavy atom. The molecule has 8 heteroatoms. The summed E-state index contributed by atoms with van der Waals surface area (Å²) < 4.78 is 11.7. The summed E-state index contributed by atoms with van der Waals surface area (Å²) in [6, 6.07) is 15.1. The second-order valence-electron chi connectivity index (χ2n) is 6.72. The van der Waals surface area contributed by atoms with Crippen LogP contribution in [0.2, 0.25) is 10.0 Å². The van der Waals surface area contributed by atoms with E-state index in [1.54, 1.807) is 68.4 Å². The van der Waals surface area contributed by atoms with Crippen LogP contribution in [0.25, 0.3) is 0 Å². The molecule has 1 atom stereocenters. The van der Waals surface area contributed by atoms with Crippen molar-refractivity contribution in [1.82, 2.24) is 9.97 Å². The highest BCUT2D eigenvalue weighted by Gasteiger charge is 2.49. The number of nitrogens with zero attached hydrogens (tertiary/aromatic N) is 2. The maximum Gasteiger partial charge on any atom is 0.348 e. The lowest BCUT2D eigenvalue weighted by molar-refractivity contribution is -0.160. The number of halogens is 2. The third-order valence-electron chi connectivity index (χ3n) is 4.65. The zero-order valence-electron chi connectivity index (χ0n) is 16.6. The molecule has 156 valence electrons. The topological polar surface area (TPSA) is 81.5 Å². The normalized spacial score (nSPS) is 12.4. The molecule has 1 heterocycles. The fraction of sp³-hybridized carbons (Fsp3) is 0.227. The number of aryl methyl sites for hydroxylation is 2. The number of carbonyl (C=O) groups is 1. The predicted octanol–water partition coefficient (Wildman–Crippen LogP) is 4.82. The van der Waals surface area contributed by atoms with Gasteiger partial charge in [-0.25, -0.2) is 14.8 Å². The van der Waals surface area contributed by atoms with Crippen LogP contribution in [0.3, 0.4) is 0 Å². The maximum absolute atomic E-state index is 12.4. The molecule has 0 saturated carbocycles. The van der Waals surface area contributed by atoms with Crippen molar-refractivity contribution >= 4 is 29.2 Å². The molecule has 30 heavy (non-hydrogen) atoms. The van der Waals surface area contributed by atoms with Crippen molar-refractivity contribution in [2.24, 2.45) is 0 Å². The van der Waals surface area contributed by atoms with E-state index in [0.717, 1.165) is 0 Å². The molecule has 0 saturated heterocycles. The van der Waals surface area contributed by atoms with Crippen LogP contribution in [0.15, 0.2) is 54.6 Å². The van der Waals surface area contributed by atoms with Gasteiger partial charge in [-0.15, -0.1) is 0 Å². The summed E-state index contributed by atoms with van der Waals surface area (Å²) in [6.45, 7) is 3.55. The zero-order valence-corrected chi connectivity index (χ0v) is 18.1. The van der Waals surface area contributed by atoms with E-state index in [1.807, 2.05) is 0 Å². The Balaban J connectivity index is 2.22. The van der Waals surface area contributed by atoms with Gasteiger partial charge in [0.25, 0.3) is 0 Å². The number of aromatic nitrogens is 2. The van der Waals surface area contributed by atoms with Gasteiger partial charge in [-0.2, -0.15) is 0 Å². The standard InChI is InChI=1S/C22H20Cl2N2O4/c1-13-12-14(2)26-21(25-13)30-19(20(27)28)22(29-3,15-4-8-17(23)9-5-15)16-6-10-18(24)11-7-16/h4-12,19H,1-3H3,(H,27,28)/t19-/m0/s1. The number of methoxy groups -OCH3 is 1. The van der Waals surface area contributed by atoms with E-state index in [9.17, 15) is 9.90 Å². The van der Waals surface area contributed by atoms with Crippen molar-refractivity contribution in [1.29, 1.82) is 0 Å². The van der Waals surface area contributed by atoms with Crippen molar-refractivity contribution in [3.05, 3.63) is 87.2 Å². The van der Waals surface area contributed by atoms with Crippen LogP contribution in [0, 0.1) is 13.8 Å². The summed E-state index contributed by atoms with van der Waals surface area (Å²) in [7, 11) is 1.42. The summed E-state index contributed by atoms with van der Waals surface area (Å²) in [4.78, 5) is 20.9. The van der Waals surface area contributed by atoms with Gasteiger partial charge in [-0.05, 0) is 55.3 Å². The van der Waals surface area contributed by atoms with Gasteiger partial charge in [-0.1, -0.05) is 47.5 Å². The van der Waals surface area contributed by atoms with E-state index in [-0.39, 0.29) is 6.01 Å². The van der Waals surface area contributed by atoms with Gasteiger partial charge in [0.15, 0.2) is 5.60 Å². The molecule has 1 N–H and O–H groups in total. The Morgan fingerprint density at radius 3 is 1.73 bits per heavy atom. The van der Waals surface area contributed by atoms with Crippen molar-refractivity contribution < 1.29 is 19.4 Å². The van der Waals surface area contributed by atoms with Crippen molar-refractivity contribution in [2.45, 2.75) is 25.6 Å². The minimum Gasteiger partial charge on any atom is -0.478 e. The molecular formula is C22H20Cl2N2O4. The van der Waals surface area contributed by atoms with Gasteiger partial charge in [0.05, 0.1) is 0 Å². The number of rotatable bonds is 7. The van der Waals surface area contributed by atoms with E-state index >= 15 is 0 Å². The molecule has 0 bridgehead atoms. The van der Waals surface area contributed by atoms with Crippen LogP contribution in [0.5, 0.6) is 6.01 Å². The minimum absolute atomic E-state index is 0.0516. The van der Waals surface area contributed by atoms with Crippen molar-refractivity contribution in [3.8, 4) is 6.01 Å². The molecule has 3 aromatic rings. The molecule has 1 aromatic heterocycles. The highest BCUT2D eigenvalue weighted by Crippen LogP contribution is 2.39. The van der Waals surface area contributed by atoms with Crippen LogP contribution in [0.1, 0.15) is 22.5 Å². The molecule has 0 aliphatic rings. The number of carboxylic acids is 1. The van der Waals surface area contributed by atoms with Crippen molar-refractivity contribution in [2.75, 3.05) is 7.11 Å². The molecule has 0 amide bonds. The van der Waals surface area contributed by atoms with Crippen LogP contribution in [0.4, 0.5) is 0 Å². The van der Waals surface area contributed by atoms with Gasteiger partial charge < -0.3 is 14.6 Å². The molecule has 0 aliphatic heterocycles. The van der Waals surface area contributed by atoms with E-state index in [2.05, 4.69) is 9.97 Å². The zero-order chi connectivity index (χ0) is 21.9. The molecule has 0 fully saturated rings. The Hall–Kier alpha value is -2.67. The van der Waals surface area contributed by atoms with Gasteiger partial charge in [0, 0.05) is 28.5 Å². The Kier molecular flexibility index (Phi) is 6.61. The molecular weight excluding hydrogens is 427 g/mol. The number of hydrogen-bond acceptors (Lipinski definition) is 5. The lowest BCUT2D eigenvalue weighted by Gasteiger charge is -2.37. The number of hydrogen-bond donors (Lipinski definition) is 1. The fourth-order valence-corrected chi connectivity index (χ4v) is 3.62. The Labute approximate surface area is 184 Å². The lowest BCUT2D eigenvalue weighted by Crippen LogP contribution is -2.50. The van der Waals surface area contributed by atoms with E-state index in [4.69, 9.17) is 32.7 Å². The van der Waals surface area contributed by atoms with Crippen LogP contribution >= 0.6 is 23.2 Å². The van der Waals surface area contributed by atoms with Crippen LogP contribution in [-0.2, 0) is 15.1 Å². The third-order valence-corrected chi connectivity index (χ3v) is 5.15. The van der Waals surface area contributed by atoms with Gasteiger partial charge in [0.2, 0.25) is 6.10 Å². The average Bonchev–Trinajstić information content (AvgIpc) is 2.69. The minimum atomic E-state index is -1.53. The lowest BCUT2D eigenvalue weighted by atomic mass is 9.81. The number of carboxylic acid groups (broad SMARTS) is 1. The molecule has 0 spiro atoms. The molecule has 0 unspecified atom stereocenters. The summed E-state index contributed by atoms with van der Waals surface area (Å²) in [5, 5.41) is 11.2. The largest absolute Gasteiger partial charge is 0.478 e. The fourth-order valence-electron chi connectivity index (χ4n) is 3.37. The number of ether oxygens (including phenoxy) is 2. The quantitative estimate of drug-likeness (QED) is 0.559. The first kappa shape index (κ1) is 22.0. The van der Waals surface area contributed by atoms with Crippen molar-refractivity contribution in [3.63, 3.8) is 0 Å². The second-order valence-corrected chi connectivity index (χ2v) is 7.60. The predicted molar refractivity (Wildman–Crippen MR) is 114 cm³/mol. The van der Waals surface area contributed by atoms with E-state index in [0.29, 0.717) is 32.6 Å². The monoisotopic (exact) mass is 446 g/mol. The first-order chi connectivity index (χ1) is 14.3. The van der Waals surface area contributed by atoms with Gasteiger partial charge in [0.1, 0.15) is 0 Å². The first-order valence-electron chi connectivity index (χ1n) is 9.05. The number of aliphatic carboxylic acids is 1. The smallest absolute Gasteiger partial charge is 0.348 e. The molecule has 2 aromatic carbocycles. The molecule has 6 nitrogen and oxygen atoms in total. The Morgan fingerprint density at radius 1 is 0.933 bits per heavy atom. The third kappa shape index (κ3) is 4.41. The molecule has 0 radical (unpaired) electrons. The van der Waals surface area contributed by atoms with Gasteiger partial charge >= 0.3 is 12.0 Å². The maximum atomic E-state index is 12.4. The highest BCUT2D eigenvalue weighted by atomic mass is 35.5. The Bertz CT molecular complexity index is 974. The van der Waals surface area contributed by atoms with Crippen LogP contribution < -0.4 is 4.74 Å². The summed E-state index contributed by atoms with van der Waals surface area (Å²) in [5.41, 5.74) is 0.856. The first-order valence-corrected chi connectivity index (χ1v) is 9.81. The SMILES string of the molecule is COC(c1ccc(Cl)cc1)(c1ccc(Cl)cc1)[C@@H](Oc1nc(C)cc(C)n1)C(=O)O. The molecule has 3 rings (SSSR count). The summed E-state index contributed by atoms with van der Waals surface area (Å²) >= 11 is 12.1.